The van der Waals surface area contributed by atoms with E-state index in [1.54, 1.807) is 6.08 Å². The number of allylic oxidation sites excluding steroid dienone is 1. The molecule has 0 spiro atoms. The zero-order valence-electron chi connectivity index (χ0n) is 7.49. The predicted molar refractivity (Wildman–Crippen MR) is 51.4 cm³/mol. The first kappa shape index (κ1) is 9.80. The third-order valence-corrected chi connectivity index (χ3v) is 2.16. The number of hydrogen-bond acceptors (Lipinski definition) is 3. The monoisotopic (exact) mass is 181 g/mol. The maximum Gasteiger partial charge on any atom is 0.217 e. The lowest BCUT2D eigenvalue weighted by molar-refractivity contribution is -0.118. The van der Waals surface area contributed by atoms with Crippen LogP contribution in [0.3, 0.4) is 0 Å². The molecule has 0 aromatic heterocycles. The summed E-state index contributed by atoms with van der Waals surface area (Å²) >= 11 is 0. The average Bonchev–Trinajstić information content (AvgIpc) is 2.08. The molecule has 1 unspecified atom stereocenters. The third-order valence-electron chi connectivity index (χ3n) is 2.16. The highest BCUT2D eigenvalue weighted by Crippen LogP contribution is 2.21. The van der Waals surface area contributed by atoms with E-state index in [0.717, 1.165) is 5.70 Å². The van der Waals surface area contributed by atoms with E-state index in [0.29, 0.717) is 19.3 Å². The van der Waals surface area contributed by atoms with Gasteiger partial charge in [-0.15, -0.1) is 0 Å². The summed E-state index contributed by atoms with van der Waals surface area (Å²) in [6, 6.07) is 0. The first-order chi connectivity index (χ1) is 6.02. The fraction of sp³-hybridized carbons (Fsp3) is 0.444. The number of carbonyl (C=O) groups is 1. The molecule has 0 saturated heterocycles. The summed E-state index contributed by atoms with van der Waals surface area (Å²) in [7, 11) is 0. The minimum Gasteiger partial charge on any atom is -0.399 e. The molecule has 0 radical (unpaired) electrons. The molecule has 0 aromatic carbocycles. The first-order valence-corrected chi connectivity index (χ1v) is 4.24. The molecule has 72 valence electrons. The Balaban J connectivity index is 2.50. The molecular weight excluding hydrogens is 166 g/mol. The van der Waals surface area contributed by atoms with E-state index in [9.17, 15) is 4.79 Å². The Morgan fingerprint density at radius 3 is 2.77 bits per heavy atom. The standard InChI is InChI=1S/C9H15N3O/c10-7-1-4-9(12,5-2-7)6-3-8(11)13/h1-2,4H,3,5-6,10,12H2,(H2,11,13). The molecule has 1 rings (SSSR count). The van der Waals surface area contributed by atoms with Gasteiger partial charge in [-0.3, -0.25) is 4.79 Å². The van der Waals surface area contributed by atoms with Crippen LogP contribution < -0.4 is 17.2 Å². The van der Waals surface area contributed by atoms with Gasteiger partial charge in [-0.1, -0.05) is 12.2 Å². The van der Waals surface area contributed by atoms with Crippen molar-refractivity contribution in [2.45, 2.75) is 24.8 Å². The van der Waals surface area contributed by atoms with Gasteiger partial charge in [-0.25, -0.2) is 0 Å². The topological polar surface area (TPSA) is 95.1 Å². The van der Waals surface area contributed by atoms with Crippen molar-refractivity contribution in [1.29, 1.82) is 0 Å². The van der Waals surface area contributed by atoms with E-state index in [4.69, 9.17) is 17.2 Å². The molecule has 0 heterocycles. The Hall–Kier alpha value is -1.29. The van der Waals surface area contributed by atoms with Crippen LogP contribution in [0.15, 0.2) is 23.9 Å². The molecule has 0 bridgehead atoms. The fourth-order valence-electron chi connectivity index (χ4n) is 1.25. The van der Waals surface area contributed by atoms with E-state index >= 15 is 0 Å². The summed E-state index contributed by atoms with van der Waals surface area (Å²) in [5.41, 5.74) is 16.8. The number of hydrogen-bond donors (Lipinski definition) is 3. The largest absolute Gasteiger partial charge is 0.399 e. The molecule has 0 aromatic rings. The lowest BCUT2D eigenvalue weighted by Crippen LogP contribution is -2.39. The predicted octanol–water partition coefficient (Wildman–Crippen LogP) is -0.248. The summed E-state index contributed by atoms with van der Waals surface area (Å²) in [6.07, 6.45) is 7.02. The summed E-state index contributed by atoms with van der Waals surface area (Å²) < 4.78 is 0. The molecule has 1 aliphatic rings. The quantitative estimate of drug-likeness (QED) is 0.560. The van der Waals surface area contributed by atoms with E-state index in [1.807, 2.05) is 12.2 Å². The normalized spacial score (nSPS) is 27.0. The highest BCUT2D eigenvalue weighted by Gasteiger charge is 2.22. The van der Waals surface area contributed by atoms with Crippen LogP contribution in [-0.2, 0) is 4.79 Å². The summed E-state index contributed by atoms with van der Waals surface area (Å²) in [5, 5.41) is 0. The molecule has 1 amide bonds. The Morgan fingerprint density at radius 2 is 2.31 bits per heavy atom. The van der Waals surface area contributed by atoms with Crippen LogP contribution in [0.25, 0.3) is 0 Å². The minimum absolute atomic E-state index is 0.314. The van der Waals surface area contributed by atoms with Gasteiger partial charge >= 0.3 is 0 Å². The van der Waals surface area contributed by atoms with E-state index in [1.165, 1.54) is 0 Å². The smallest absolute Gasteiger partial charge is 0.217 e. The number of rotatable bonds is 3. The van der Waals surface area contributed by atoms with Crippen molar-refractivity contribution < 1.29 is 4.79 Å². The minimum atomic E-state index is -0.447. The lowest BCUT2D eigenvalue weighted by Gasteiger charge is -2.26. The van der Waals surface area contributed by atoms with Gasteiger partial charge < -0.3 is 17.2 Å². The summed E-state index contributed by atoms with van der Waals surface area (Å²) in [6.45, 7) is 0. The van der Waals surface area contributed by atoms with Gasteiger partial charge in [0, 0.05) is 17.7 Å². The van der Waals surface area contributed by atoms with Crippen molar-refractivity contribution >= 4 is 5.91 Å². The summed E-state index contributed by atoms with van der Waals surface area (Å²) in [5.74, 6) is -0.319. The Morgan fingerprint density at radius 1 is 1.62 bits per heavy atom. The van der Waals surface area contributed by atoms with Crippen LogP contribution in [0.2, 0.25) is 0 Å². The molecule has 4 heteroatoms. The van der Waals surface area contributed by atoms with Gasteiger partial charge in [0.2, 0.25) is 5.91 Å². The van der Waals surface area contributed by atoms with Gasteiger partial charge in [0.15, 0.2) is 0 Å². The van der Waals surface area contributed by atoms with Gasteiger partial charge in [-0.05, 0) is 18.9 Å². The molecular formula is C9H15N3O. The third kappa shape index (κ3) is 2.91. The van der Waals surface area contributed by atoms with Gasteiger partial charge in [0.05, 0.1) is 0 Å². The fourth-order valence-corrected chi connectivity index (χ4v) is 1.25. The van der Waals surface area contributed by atoms with E-state index < -0.39 is 5.54 Å². The van der Waals surface area contributed by atoms with Crippen LogP contribution in [0.5, 0.6) is 0 Å². The number of carbonyl (C=O) groups excluding carboxylic acids is 1. The van der Waals surface area contributed by atoms with Gasteiger partial charge in [0.25, 0.3) is 0 Å². The first-order valence-electron chi connectivity index (χ1n) is 4.24. The van der Waals surface area contributed by atoms with Crippen molar-refractivity contribution in [3.8, 4) is 0 Å². The van der Waals surface area contributed by atoms with Crippen LogP contribution in [0, 0.1) is 0 Å². The van der Waals surface area contributed by atoms with Gasteiger partial charge in [-0.2, -0.15) is 0 Å². The van der Waals surface area contributed by atoms with Crippen molar-refractivity contribution in [2.75, 3.05) is 0 Å². The number of nitrogens with two attached hydrogens (primary N) is 3. The Labute approximate surface area is 77.5 Å². The Bertz CT molecular complexity index is 270. The number of amides is 1. The number of primary amides is 1. The zero-order valence-corrected chi connectivity index (χ0v) is 7.49. The second-order valence-corrected chi connectivity index (χ2v) is 3.44. The van der Waals surface area contributed by atoms with Crippen molar-refractivity contribution in [3.05, 3.63) is 23.9 Å². The van der Waals surface area contributed by atoms with E-state index in [2.05, 4.69) is 0 Å². The second kappa shape index (κ2) is 3.62. The second-order valence-electron chi connectivity index (χ2n) is 3.44. The molecule has 13 heavy (non-hydrogen) atoms. The summed E-state index contributed by atoms with van der Waals surface area (Å²) in [4.78, 5) is 10.6. The average molecular weight is 181 g/mol. The van der Waals surface area contributed by atoms with Crippen molar-refractivity contribution in [1.82, 2.24) is 0 Å². The maximum absolute atomic E-state index is 10.6. The molecule has 0 fully saturated rings. The highest BCUT2D eigenvalue weighted by atomic mass is 16.1. The molecule has 4 nitrogen and oxygen atoms in total. The van der Waals surface area contributed by atoms with Crippen LogP contribution >= 0.6 is 0 Å². The van der Waals surface area contributed by atoms with Gasteiger partial charge in [0.1, 0.15) is 0 Å². The molecule has 6 N–H and O–H groups in total. The molecule has 0 aliphatic heterocycles. The molecule has 1 aliphatic carbocycles. The molecule has 0 saturated carbocycles. The van der Waals surface area contributed by atoms with E-state index in [-0.39, 0.29) is 5.91 Å². The maximum atomic E-state index is 10.6. The van der Waals surface area contributed by atoms with Crippen LogP contribution in [0.4, 0.5) is 0 Å². The highest BCUT2D eigenvalue weighted by molar-refractivity contribution is 5.73. The SMILES string of the molecule is NC(=O)CCC1(N)C=CC(N)=CC1. The van der Waals surface area contributed by atoms with Crippen LogP contribution in [0.1, 0.15) is 19.3 Å². The van der Waals surface area contributed by atoms with Crippen molar-refractivity contribution in [3.63, 3.8) is 0 Å². The molecule has 1 atom stereocenters. The Kier molecular flexibility index (Phi) is 2.72. The zero-order chi connectivity index (χ0) is 9.90. The lowest BCUT2D eigenvalue weighted by atomic mass is 9.87. The van der Waals surface area contributed by atoms with Crippen LogP contribution in [-0.4, -0.2) is 11.4 Å². The van der Waals surface area contributed by atoms with Crippen molar-refractivity contribution in [2.24, 2.45) is 17.2 Å².